The number of aromatic hydroxyl groups is 1. The maximum absolute atomic E-state index is 9.63. The molecule has 0 aliphatic heterocycles. The maximum atomic E-state index is 9.63. The molecule has 80 valence electrons. The summed E-state index contributed by atoms with van der Waals surface area (Å²) in [4.78, 5) is 8.16. The molecule has 0 saturated heterocycles. The van der Waals surface area contributed by atoms with Crippen LogP contribution in [0.4, 0.5) is 5.82 Å². The highest BCUT2D eigenvalue weighted by atomic mass is 35.5. The van der Waals surface area contributed by atoms with Crippen LogP contribution in [0.3, 0.4) is 0 Å². The molecule has 16 heavy (non-hydrogen) atoms. The van der Waals surface area contributed by atoms with Crippen LogP contribution in [0.2, 0.25) is 5.02 Å². The Bertz CT molecular complexity index is 512. The van der Waals surface area contributed by atoms with E-state index in [1.807, 2.05) is 12.1 Å². The summed E-state index contributed by atoms with van der Waals surface area (Å²) in [5.74, 6) is 0.616. The van der Waals surface area contributed by atoms with E-state index >= 15 is 0 Å². The smallest absolute Gasteiger partial charge is 0.151 e. The topological polar surface area (TPSA) is 45.5 Å². The van der Waals surface area contributed by atoms with Crippen LogP contribution in [0, 0.1) is 0 Å². The molecule has 0 bridgehead atoms. The molecule has 1 aromatic heterocycles. The van der Waals surface area contributed by atoms with Gasteiger partial charge < -0.3 is 5.11 Å². The summed E-state index contributed by atoms with van der Waals surface area (Å²) in [5, 5.41) is 9.94. The van der Waals surface area contributed by atoms with Crippen molar-refractivity contribution in [3.63, 3.8) is 0 Å². The van der Waals surface area contributed by atoms with E-state index in [0.29, 0.717) is 16.4 Å². The van der Waals surface area contributed by atoms with Crippen molar-refractivity contribution in [3.8, 4) is 5.75 Å². The third-order valence-electron chi connectivity index (χ3n) is 2.00. The first-order valence-corrected chi connectivity index (χ1v) is 5.08. The van der Waals surface area contributed by atoms with Crippen molar-refractivity contribution in [1.29, 1.82) is 0 Å². The van der Waals surface area contributed by atoms with Gasteiger partial charge in [-0.1, -0.05) is 23.7 Å². The van der Waals surface area contributed by atoms with Crippen molar-refractivity contribution < 1.29 is 5.11 Å². The Morgan fingerprint density at radius 1 is 1.19 bits per heavy atom. The number of nitrogens with zero attached hydrogens (tertiary/aromatic N) is 2. The Balaban J connectivity index is 2.28. The van der Waals surface area contributed by atoms with Crippen LogP contribution in [-0.2, 0) is 0 Å². The molecular formula is C12H9ClN2O. The Morgan fingerprint density at radius 3 is 2.81 bits per heavy atom. The number of para-hydroxylation sites is 1. The molecule has 3 nitrogen and oxygen atoms in total. The van der Waals surface area contributed by atoms with E-state index in [1.165, 1.54) is 6.21 Å². The fourth-order valence-corrected chi connectivity index (χ4v) is 1.38. The summed E-state index contributed by atoms with van der Waals surface area (Å²) in [5.41, 5.74) is 0.568. The van der Waals surface area contributed by atoms with Gasteiger partial charge in [-0.05, 0) is 24.3 Å². The molecule has 0 radical (unpaired) electrons. The zero-order chi connectivity index (χ0) is 11.4. The number of halogens is 1. The van der Waals surface area contributed by atoms with Crippen molar-refractivity contribution in [1.82, 2.24) is 4.98 Å². The van der Waals surface area contributed by atoms with Crippen LogP contribution in [0.25, 0.3) is 0 Å². The summed E-state index contributed by atoms with van der Waals surface area (Å²) >= 11 is 5.77. The van der Waals surface area contributed by atoms with Crippen molar-refractivity contribution >= 4 is 23.6 Å². The Labute approximate surface area is 98.1 Å². The van der Waals surface area contributed by atoms with Crippen molar-refractivity contribution in [3.05, 3.63) is 53.2 Å². The number of aromatic nitrogens is 1. The minimum Gasteiger partial charge on any atom is -0.506 e. The first-order chi connectivity index (χ1) is 7.77. The molecule has 0 aliphatic carbocycles. The van der Waals surface area contributed by atoms with E-state index in [4.69, 9.17) is 11.6 Å². The second-order valence-corrected chi connectivity index (χ2v) is 3.53. The number of phenols is 1. The van der Waals surface area contributed by atoms with Gasteiger partial charge in [0.15, 0.2) is 5.82 Å². The van der Waals surface area contributed by atoms with E-state index in [2.05, 4.69) is 9.98 Å². The molecule has 0 saturated carbocycles. The largest absolute Gasteiger partial charge is 0.506 e. The average molecular weight is 233 g/mol. The van der Waals surface area contributed by atoms with Crippen molar-refractivity contribution in [2.24, 2.45) is 4.99 Å². The third kappa shape index (κ3) is 2.38. The summed E-state index contributed by atoms with van der Waals surface area (Å²) in [7, 11) is 0. The van der Waals surface area contributed by atoms with Crippen LogP contribution < -0.4 is 0 Å². The van der Waals surface area contributed by atoms with E-state index in [9.17, 15) is 5.11 Å². The highest BCUT2D eigenvalue weighted by Gasteiger charge is 2.01. The van der Waals surface area contributed by atoms with E-state index in [1.54, 1.807) is 30.5 Å². The van der Waals surface area contributed by atoms with Gasteiger partial charge in [-0.25, -0.2) is 9.98 Å². The van der Waals surface area contributed by atoms with E-state index in [-0.39, 0.29) is 5.75 Å². The third-order valence-corrected chi connectivity index (χ3v) is 2.31. The standard InChI is InChI=1S/C12H9ClN2O/c13-10-5-3-4-9(12(10)16)8-15-11-6-1-2-7-14-11/h1-8,16H. The average Bonchev–Trinajstić information content (AvgIpc) is 2.32. The first kappa shape index (κ1) is 10.6. The zero-order valence-electron chi connectivity index (χ0n) is 8.34. The van der Waals surface area contributed by atoms with Crippen LogP contribution >= 0.6 is 11.6 Å². The molecule has 1 aromatic carbocycles. The van der Waals surface area contributed by atoms with Gasteiger partial charge >= 0.3 is 0 Å². The van der Waals surface area contributed by atoms with Crippen LogP contribution in [0.5, 0.6) is 5.75 Å². The number of phenolic OH excluding ortho intramolecular Hbond substituents is 1. The molecule has 0 amide bonds. The summed E-state index contributed by atoms with van der Waals surface area (Å²) in [6.45, 7) is 0. The van der Waals surface area contributed by atoms with Gasteiger partial charge in [0.2, 0.25) is 0 Å². The lowest BCUT2D eigenvalue weighted by Crippen LogP contribution is -1.83. The number of rotatable bonds is 2. The number of benzene rings is 1. The van der Waals surface area contributed by atoms with Crippen molar-refractivity contribution in [2.45, 2.75) is 0 Å². The summed E-state index contributed by atoms with van der Waals surface area (Å²) < 4.78 is 0. The van der Waals surface area contributed by atoms with Gasteiger partial charge in [-0.2, -0.15) is 0 Å². The lowest BCUT2D eigenvalue weighted by atomic mass is 10.2. The van der Waals surface area contributed by atoms with Gasteiger partial charge in [0, 0.05) is 18.0 Å². The molecule has 0 spiro atoms. The second-order valence-electron chi connectivity index (χ2n) is 3.12. The quantitative estimate of drug-likeness (QED) is 0.809. The van der Waals surface area contributed by atoms with Gasteiger partial charge in [0.05, 0.1) is 5.02 Å². The second kappa shape index (κ2) is 4.77. The van der Waals surface area contributed by atoms with Crippen LogP contribution in [-0.4, -0.2) is 16.3 Å². The predicted octanol–water partition coefficient (Wildman–Crippen LogP) is 3.19. The monoisotopic (exact) mass is 232 g/mol. The highest BCUT2D eigenvalue weighted by molar-refractivity contribution is 6.32. The van der Waals surface area contributed by atoms with Gasteiger partial charge in [0.25, 0.3) is 0 Å². The maximum Gasteiger partial charge on any atom is 0.151 e. The molecular weight excluding hydrogens is 224 g/mol. The molecule has 0 aliphatic rings. The Hall–Kier alpha value is -1.87. The molecule has 0 unspecified atom stereocenters. The lowest BCUT2D eigenvalue weighted by molar-refractivity contribution is 0.475. The fraction of sp³-hybridized carbons (Fsp3) is 0. The predicted molar refractivity (Wildman–Crippen MR) is 64.6 cm³/mol. The normalized spacial score (nSPS) is 10.8. The molecule has 0 fully saturated rings. The Morgan fingerprint density at radius 2 is 2.06 bits per heavy atom. The SMILES string of the molecule is Oc1c(Cl)cccc1C=Nc1ccccn1. The highest BCUT2D eigenvalue weighted by Crippen LogP contribution is 2.25. The van der Waals surface area contributed by atoms with Crippen molar-refractivity contribution in [2.75, 3.05) is 0 Å². The van der Waals surface area contributed by atoms with Gasteiger partial charge in [-0.3, -0.25) is 0 Å². The number of aliphatic imine (C=N–C) groups is 1. The van der Waals surface area contributed by atoms with Crippen LogP contribution in [0.15, 0.2) is 47.6 Å². The lowest BCUT2D eigenvalue weighted by Gasteiger charge is -1.99. The number of hydrogen-bond acceptors (Lipinski definition) is 3. The van der Waals surface area contributed by atoms with E-state index < -0.39 is 0 Å². The molecule has 2 rings (SSSR count). The minimum atomic E-state index is 0.0313. The summed E-state index contributed by atoms with van der Waals surface area (Å²) in [6, 6.07) is 10.5. The minimum absolute atomic E-state index is 0.0313. The number of hydrogen-bond donors (Lipinski definition) is 1. The first-order valence-electron chi connectivity index (χ1n) is 4.70. The fourth-order valence-electron chi connectivity index (χ4n) is 1.20. The molecule has 4 heteroatoms. The molecule has 1 heterocycles. The van der Waals surface area contributed by atoms with Crippen LogP contribution in [0.1, 0.15) is 5.56 Å². The Kier molecular flexibility index (Phi) is 3.17. The number of pyridine rings is 1. The molecule has 0 atom stereocenters. The summed E-state index contributed by atoms with van der Waals surface area (Å²) in [6.07, 6.45) is 3.19. The molecule has 2 aromatic rings. The van der Waals surface area contributed by atoms with Gasteiger partial charge in [-0.15, -0.1) is 0 Å². The van der Waals surface area contributed by atoms with E-state index in [0.717, 1.165) is 0 Å². The molecule has 1 N–H and O–H groups in total. The van der Waals surface area contributed by atoms with Gasteiger partial charge in [0.1, 0.15) is 5.75 Å². The zero-order valence-corrected chi connectivity index (χ0v) is 9.09.